The maximum atomic E-state index is 14.3. The summed E-state index contributed by atoms with van der Waals surface area (Å²) < 4.78 is 45.0. The second-order valence-electron chi connectivity index (χ2n) is 15.0. The van der Waals surface area contributed by atoms with Crippen LogP contribution in [0.4, 0.5) is 5.69 Å². The van der Waals surface area contributed by atoms with Gasteiger partial charge in [-0.25, -0.2) is 18.2 Å². The second kappa shape index (κ2) is 14.8. The van der Waals surface area contributed by atoms with Crippen molar-refractivity contribution in [1.82, 2.24) is 19.9 Å². The lowest BCUT2D eigenvalue weighted by molar-refractivity contribution is -0.136. The Balaban J connectivity index is 1.31. The summed E-state index contributed by atoms with van der Waals surface area (Å²) >= 11 is 6.34. The summed E-state index contributed by atoms with van der Waals surface area (Å²) in [5, 5.41) is 6.74. The molecular weight excluding hydrogens is 738 g/mol. The van der Waals surface area contributed by atoms with Gasteiger partial charge >= 0.3 is 5.97 Å². The number of imide groups is 1. The maximum absolute atomic E-state index is 14.3. The van der Waals surface area contributed by atoms with Crippen LogP contribution in [-0.2, 0) is 29.1 Å². The van der Waals surface area contributed by atoms with Crippen LogP contribution < -0.4 is 24.8 Å². The van der Waals surface area contributed by atoms with E-state index >= 15 is 0 Å². The molecule has 16 heteroatoms. The first-order valence-corrected chi connectivity index (χ1v) is 19.5. The van der Waals surface area contributed by atoms with Gasteiger partial charge < -0.3 is 19.5 Å². The lowest BCUT2D eigenvalue weighted by atomic mass is 9.85. The Bertz CT molecular complexity index is 2120. The summed E-state index contributed by atoms with van der Waals surface area (Å²) in [4.78, 5) is 60.6. The molecule has 2 heterocycles. The summed E-state index contributed by atoms with van der Waals surface area (Å²) in [5.74, 6) is -2.43. The quantitative estimate of drug-likeness (QED) is 0.166. The van der Waals surface area contributed by atoms with Gasteiger partial charge in [0.1, 0.15) is 23.4 Å². The van der Waals surface area contributed by atoms with E-state index < -0.39 is 74.0 Å². The highest BCUT2D eigenvalue weighted by atomic mass is 35.5. The highest BCUT2D eigenvalue weighted by Crippen LogP contribution is 2.53. The molecule has 3 aliphatic rings. The molecule has 3 amide bonds. The number of aromatic nitrogens is 1. The minimum absolute atomic E-state index is 0.0184. The third-order valence-corrected chi connectivity index (χ3v) is 12.2. The number of pyridine rings is 1. The van der Waals surface area contributed by atoms with Crippen LogP contribution in [0.3, 0.4) is 0 Å². The average Bonchev–Trinajstić information content (AvgIpc) is 4.06. The predicted octanol–water partition coefficient (Wildman–Crippen LogP) is 4.23. The number of hydrogen-bond acceptors (Lipinski definition) is 12. The Hall–Kier alpha value is -4.73. The van der Waals surface area contributed by atoms with Gasteiger partial charge in [-0.2, -0.15) is 0 Å². The van der Waals surface area contributed by atoms with E-state index in [0.29, 0.717) is 40.1 Å². The van der Waals surface area contributed by atoms with Crippen molar-refractivity contribution >= 4 is 61.8 Å². The van der Waals surface area contributed by atoms with Crippen molar-refractivity contribution in [2.24, 2.45) is 11.3 Å². The van der Waals surface area contributed by atoms with E-state index in [1.807, 2.05) is 20.8 Å². The molecule has 3 N–H and O–H groups in total. The zero-order valence-electron chi connectivity index (χ0n) is 30.7. The van der Waals surface area contributed by atoms with Gasteiger partial charge in [0.15, 0.2) is 0 Å². The molecule has 3 aromatic rings. The van der Waals surface area contributed by atoms with Crippen LogP contribution in [0.15, 0.2) is 61.3 Å². The number of amides is 3. The van der Waals surface area contributed by atoms with Crippen LogP contribution in [-0.4, -0.2) is 91.7 Å². The topological polar surface area (TPSA) is 182 Å². The fraction of sp³-hybridized carbons (Fsp3) is 0.447. The van der Waals surface area contributed by atoms with E-state index in [2.05, 4.69) is 26.9 Å². The molecule has 288 valence electrons. The number of ether oxygens (including phenoxy) is 3. The molecule has 2 aromatic carbocycles. The van der Waals surface area contributed by atoms with E-state index in [0.717, 1.165) is 0 Å². The van der Waals surface area contributed by atoms with Gasteiger partial charge in [-0.3, -0.25) is 29.3 Å². The van der Waals surface area contributed by atoms with Crippen LogP contribution in [0, 0.1) is 11.3 Å². The van der Waals surface area contributed by atoms with E-state index in [4.69, 9.17) is 25.8 Å². The van der Waals surface area contributed by atoms with Gasteiger partial charge in [-0.1, -0.05) is 44.5 Å². The summed E-state index contributed by atoms with van der Waals surface area (Å²) in [7, 11) is -1.14. The second-order valence-corrected chi connectivity index (χ2v) is 17.4. The zero-order chi connectivity index (χ0) is 39.2. The first kappa shape index (κ1) is 39.0. The van der Waals surface area contributed by atoms with Crippen molar-refractivity contribution in [2.45, 2.75) is 75.4 Å². The number of methoxy groups -OCH3 is 2. The molecular formula is C38H44ClN5O9S. The van der Waals surface area contributed by atoms with Crippen molar-refractivity contribution in [3.8, 4) is 11.6 Å². The third-order valence-electron chi connectivity index (χ3n) is 10.2. The summed E-state index contributed by atoms with van der Waals surface area (Å²) in [6.45, 7) is 9.36. The summed E-state index contributed by atoms with van der Waals surface area (Å²) in [6, 6.07) is 9.56. The summed E-state index contributed by atoms with van der Waals surface area (Å²) in [6.07, 6.45) is 3.49. The average molecular weight is 782 g/mol. The SMILES string of the molecule is C=C[C@@H]1C[C@@]1(C(=O)NS(=O)(=O)C1CC1)N1C[C@H](Oc2ncc(OC)c3ccc(Cl)cc23)C[C@H]1C(=O)NC(=O)[C@@H](Nc1cccc(C(=O)OC)c1)C(C)(C)C. The number of nitrogens with zero attached hydrogens (tertiary/aromatic N) is 2. The van der Waals surface area contributed by atoms with Gasteiger partial charge in [0, 0.05) is 40.4 Å². The molecule has 5 atom stereocenters. The van der Waals surface area contributed by atoms with E-state index in [1.165, 1.54) is 20.4 Å². The van der Waals surface area contributed by atoms with Crippen molar-refractivity contribution in [2.75, 3.05) is 26.1 Å². The number of carbonyl (C=O) groups excluding carboxylic acids is 4. The Morgan fingerprint density at radius 1 is 1.09 bits per heavy atom. The number of benzene rings is 2. The number of esters is 1. The lowest BCUT2D eigenvalue weighted by Crippen LogP contribution is -2.59. The number of likely N-dealkylation sites (tertiary alicyclic amines) is 1. The fourth-order valence-corrected chi connectivity index (χ4v) is 8.61. The molecule has 1 saturated heterocycles. The number of sulfonamides is 1. The van der Waals surface area contributed by atoms with Gasteiger partial charge in [-0.05, 0) is 61.1 Å². The molecule has 2 saturated carbocycles. The minimum atomic E-state index is -3.93. The largest absolute Gasteiger partial charge is 0.494 e. The molecule has 3 fully saturated rings. The van der Waals surface area contributed by atoms with Crippen molar-refractivity contribution in [1.29, 1.82) is 0 Å². The van der Waals surface area contributed by atoms with E-state index in [-0.39, 0.29) is 30.8 Å². The predicted molar refractivity (Wildman–Crippen MR) is 202 cm³/mol. The monoisotopic (exact) mass is 781 g/mol. The number of hydrogen-bond donors (Lipinski definition) is 3. The molecule has 6 rings (SSSR count). The molecule has 54 heavy (non-hydrogen) atoms. The standard InChI is InChI=1S/C38H44ClN5O9S/c1-7-22-18-38(22,36(48)43-54(49,50)26-12-13-26)44-20-25(53-34-28-16-23(39)11-14-27(28)30(51-5)19-40-34)17-29(44)32(45)42-33(46)31(37(2,3)4)41-24-10-8-9-21(15-24)35(47)52-6/h7-11,14-16,19,22,25-26,29,31,41H,1,12-13,17-18,20H2,2-6H3,(H,43,48)(H,42,45,46)/t22-,25-,29+,31-,38-/m1/s1. The smallest absolute Gasteiger partial charge is 0.337 e. The Kier molecular flexibility index (Phi) is 10.7. The molecule has 1 aliphatic heterocycles. The van der Waals surface area contributed by atoms with E-state index in [9.17, 15) is 27.6 Å². The van der Waals surface area contributed by atoms with Gasteiger partial charge in [0.25, 0.3) is 5.91 Å². The van der Waals surface area contributed by atoms with Crippen LogP contribution in [0.2, 0.25) is 5.02 Å². The third kappa shape index (κ3) is 7.75. The van der Waals surface area contributed by atoms with Gasteiger partial charge in [0.05, 0.1) is 37.3 Å². The fourth-order valence-electron chi connectivity index (χ4n) is 7.08. The Morgan fingerprint density at radius 3 is 2.46 bits per heavy atom. The maximum Gasteiger partial charge on any atom is 0.337 e. The van der Waals surface area contributed by atoms with Crippen LogP contribution in [0.25, 0.3) is 10.8 Å². The minimum Gasteiger partial charge on any atom is -0.494 e. The molecule has 0 radical (unpaired) electrons. The normalized spacial score (nSPS) is 23.2. The lowest BCUT2D eigenvalue weighted by Gasteiger charge is -2.34. The summed E-state index contributed by atoms with van der Waals surface area (Å²) in [5.41, 5.74) is -1.44. The molecule has 2 aliphatic carbocycles. The van der Waals surface area contributed by atoms with Crippen molar-refractivity contribution in [3.05, 3.63) is 71.9 Å². The van der Waals surface area contributed by atoms with Gasteiger partial charge in [-0.15, -0.1) is 6.58 Å². The number of anilines is 1. The molecule has 1 aromatic heterocycles. The highest BCUT2D eigenvalue weighted by Gasteiger charge is 2.67. The van der Waals surface area contributed by atoms with Gasteiger partial charge in [0.2, 0.25) is 27.7 Å². The Morgan fingerprint density at radius 2 is 1.83 bits per heavy atom. The van der Waals surface area contributed by atoms with Crippen LogP contribution in [0.1, 0.15) is 56.8 Å². The van der Waals surface area contributed by atoms with Crippen molar-refractivity contribution < 1.29 is 41.8 Å². The molecule has 0 bridgehead atoms. The van der Waals surface area contributed by atoms with Crippen molar-refractivity contribution in [3.63, 3.8) is 0 Å². The molecule has 0 unspecified atom stereocenters. The first-order valence-electron chi connectivity index (χ1n) is 17.6. The molecule has 0 spiro atoms. The highest BCUT2D eigenvalue weighted by molar-refractivity contribution is 7.91. The number of fused-ring (bicyclic) bond motifs is 1. The first-order chi connectivity index (χ1) is 25.5. The number of nitrogens with one attached hydrogen (secondary N) is 3. The number of carbonyl (C=O) groups is 4. The number of rotatable bonds is 13. The zero-order valence-corrected chi connectivity index (χ0v) is 32.3. The Labute approximate surface area is 319 Å². The molecule has 14 nitrogen and oxygen atoms in total. The van der Waals surface area contributed by atoms with E-state index in [1.54, 1.807) is 53.4 Å². The number of halogens is 1. The van der Waals surface area contributed by atoms with Crippen LogP contribution >= 0.6 is 11.6 Å². The van der Waals surface area contributed by atoms with Crippen LogP contribution in [0.5, 0.6) is 11.6 Å².